The third kappa shape index (κ3) is 4.41. The Kier molecular flexibility index (Phi) is 6.59. The van der Waals surface area contributed by atoms with Gasteiger partial charge in [0, 0.05) is 42.8 Å². The van der Waals surface area contributed by atoms with Crippen LogP contribution in [0.3, 0.4) is 0 Å². The van der Waals surface area contributed by atoms with Crippen LogP contribution in [0.4, 0.5) is 10.1 Å². The van der Waals surface area contributed by atoms with E-state index in [4.69, 9.17) is 4.74 Å². The Morgan fingerprint density at radius 3 is 2.31 bits per heavy atom. The highest BCUT2D eigenvalue weighted by Gasteiger charge is 2.36. The van der Waals surface area contributed by atoms with Crippen molar-refractivity contribution >= 4 is 33.0 Å². The van der Waals surface area contributed by atoms with Crippen molar-refractivity contribution in [3.63, 3.8) is 0 Å². The number of hydrogen-bond acceptors (Lipinski definition) is 6. The number of halogens is 1. The number of carbonyl (C=O) groups excluding carboxylic acids is 1. The molecule has 0 bridgehead atoms. The van der Waals surface area contributed by atoms with Crippen molar-refractivity contribution in [3.05, 3.63) is 70.7 Å². The second-order valence-electron chi connectivity index (χ2n) is 7.26. The lowest BCUT2D eigenvalue weighted by atomic mass is 10.1. The van der Waals surface area contributed by atoms with Crippen LogP contribution < -0.4 is 4.90 Å². The maximum Gasteiger partial charge on any atom is 0.349 e. The van der Waals surface area contributed by atoms with Gasteiger partial charge in [-0.15, -0.1) is 11.3 Å². The van der Waals surface area contributed by atoms with Gasteiger partial charge in [0.2, 0.25) is 10.0 Å². The number of piperazine rings is 1. The predicted octanol–water partition coefficient (Wildman–Crippen LogP) is 4.24. The number of carbonyl (C=O) groups is 1. The van der Waals surface area contributed by atoms with Crippen LogP contribution in [0.2, 0.25) is 0 Å². The van der Waals surface area contributed by atoms with E-state index in [-0.39, 0.29) is 35.3 Å². The first kappa shape index (κ1) is 22.4. The predicted molar refractivity (Wildman–Crippen MR) is 123 cm³/mol. The third-order valence-electron chi connectivity index (χ3n) is 5.32. The van der Waals surface area contributed by atoms with E-state index >= 15 is 0 Å². The van der Waals surface area contributed by atoms with E-state index in [2.05, 4.69) is 0 Å². The fraction of sp³-hybridized carbons (Fsp3) is 0.261. The minimum absolute atomic E-state index is 0.00221. The van der Waals surface area contributed by atoms with Crippen molar-refractivity contribution in [3.8, 4) is 11.1 Å². The summed E-state index contributed by atoms with van der Waals surface area (Å²) in [5.74, 6) is -0.949. The Bertz CT molecular complexity index is 1190. The molecular formula is C23H23FN2O4S2. The second-order valence-corrected chi connectivity index (χ2v) is 10.0. The summed E-state index contributed by atoms with van der Waals surface area (Å²) in [5.41, 5.74) is 2.07. The smallest absolute Gasteiger partial charge is 0.349 e. The summed E-state index contributed by atoms with van der Waals surface area (Å²) >= 11 is 1.08. The monoisotopic (exact) mass is 474 g/mol. The number of esters is 1. The van der Waals surface area contributed by atoms with Crippen LogP contribution in [-0.4, -0.2) is 51.5 Å². The minimum Gasteiger partial charge on any atom is -0.462 e. The molecule has 0 spiro atoms. The summed E-state index contributed by atoms with van der Waals surface area (Å²) < 4.78 is 47.2. The number of ether oxygens (including phenoxy) is 1. The van der Waals surface area contributed by atoms with Gasteiger partial charge < -0.3 is 9.64 Å². The Balaban J connectivity index is 1.65. The number of benzene rings is 2. The summed E-state index contributed by atoms with van der Waals surface area (Å²) in [6.07, 6.45) is 0. The van der Waals surface area contributed by atoms with E-state index < -0.39 is 16.0 Å². The van der Waals surface area contributed by atoms with Gasteiger partial charge in [-0.25, -0.2) is 17.6 Å². The molecule has 1 aromatic heterocycles. The van der Waals surface area contributed by atoms with Crippen molar-refractivity contribution in [2.75, 3.05) is 37.7 Å². The Morgan fingerprint density at radius 1 is 1.03 bits per heavy atom. The number of hydrogen-bond donors (Lipinski definition) is 0. The van der Waals surface area contributed by atoms with Gasteiger partial charge in [0.1, 0.15) is 15.6 Å². The molecule has 168 valence electrons. The first-order chi connectivity index (χ1) is 15.4. The van der Waals surface area contributed by atoms with Gasteiger partial charge >= 0.3 is 5.97 Å². The largest absolute Gasteiger partial charge is 0.462 e. The molecule has 2 heterocycles. The number of rotatable bonds is 6. The molecule has 6 nitrogen and oxygen atoms in total. The van der Waals surface area contributed by atoms with E-state index in [1.54, 1.807) is 24.4 Å². The highest BCUT2D eigenvalue weighted by Crippen LogP contribution is 2.38. The normalized spacial score (nSPS) is 15.0. The molecular weight excluding hydrogens is 451 g/mol. The summed E-state index contributed by atoms with van der Waals surface area (Å²) in [6, 6.07) is 15.3. The summed E-state index contributed by atoms with van der Waals surface area (Å²) in [6.45, 7) is 3.28. The third-order valence-corrected chi connectivity index (χ3v) is 8.39. The van der Waals surface area contributed by atoms with E-state index in [1.165, 1.54) is 16.4 Å². The fourth-order valence-electron chi connectivity index (χ4n) is 3.73. The Hall–Kier alpha value is -2.75. The van der Waals surface area contributed by atoms with Crippen LogP contribution in [0.15, 0.2) is 64.9 Å². The molecule has 1 fully saturated rings. The highest BCUT2D eigenvalue weighted by molar-refractivity contribution is 7.89. The Labute approximate surface area is 190 Å². The van der Waals surface area contributed by atoms with Crippen LogP contribution in [-0.2, 0) is 14.8 Å². The van der Waals surface area contributed by atoms with Gasteiger partial charge in [-0.2, -0.15) is 4.31 Å². The van der Waals surface area contributed by atoms with E-state index in [1.807, 2.05) is 35.2 Å². The fourth-order valence-corrected chi connectivity index (χ4v) is 6.80. The number of anilines is 1. The number of sulfonamides is 1. The molecule has 0 unspecified atom stereocenters. The molecule has 1 saturated heterocycles. The molecule has 9 heteroatoms. The minimum atomic E-state index is -3.95. The van der Waals surface area contributed by atoms with Gasteiger partial charge in [0.15, 0.2) is 0 Å². The highest BCUT2D eigenvalue weighted by atomic mass is 32.2. The maximum atomic E-state index is 13.7. The standard InChI is InChI=1S/C23H23FN2O4S2/c1-2-30-23(27)21-22(20(16-31-21)17-6-4-3-5-7-17)32(28,29)26-14-12-25(13-15-26)19-10-8-18(24)9-11-19/h3-11,16H,2,12-15H2,1H3. The van der Waals surface area contributed by atoms with Crippen LogP contribution in [0.5, 0.6) is 0 Å². The quantitative estimate of drug-likeness (QED) is 0.500. The van der Waals surface area contributed by atoms with Gasteiger partial charge in [0.05, 0.1) is 6.61 Å². The van der Waals surface area contributed by atoms with Gasteiger partial charge in [0.25, 0.3) is 0 Å². The maximum absolute atomic E-state index is 13.7. The molecule has 0 amide bonds. The number of thiophene rings is 1. The SMILES string of the molecule is CCOC(=O)c1scc(-c2ccccc2)c1S(=O)(=O)N1CCN(c2ccc(F)cc2)CC1. The second kappa shape index (κ2) is 9.40. The summed E-state index contributed by atoms with van der Waals surface area (Å²) in [4.78, 5) is 14.7. The summed E-state index contributed by atoms with van der Waals surface area (Å²) in [7, 11) is -3.95. The zero-order valence-corrected chi connectivity index (χ0v) is 19.2. The van der Waals surface area contributed by atoms with Crippen molar-refractivity contribution in [1.82, 2.24) is 4.31 Å². The molecule has 32 heavy (non-hydrogen) atoms. The Morgan fingerprint density at radius 2 is 1.69 bits per heavy atom. The number of nitrogens with zero attached hydrogens (tertiary/aromatic N) is 2. The molecule has 1 aliphatic rings. The van der Waals surface area contributed by atoms with Crippen LogP contribution >= 0.6 is 11.3 Å². The lowest BCUT2D eigenvalue weighted by Crippen LogP contribution is -2.48. The molecule has 0 atom stereocenters. The van der Waals surface area contributed by atoms with Crippen molar-refractivity contribution in [1.29, 1.82) is 0 Å². The zero-order chi connectivity index (χ0) is 22.7. The van der Waals surface area contributed by atoms with Crippen LogP contribution in [0, 0.1) is 5.82 Å². The summed E-state index contributed by atoms with van der Waals surface area (Å²) in [5, 5.41) is 1.70. The first-order valence-electron chi connectivity index (χ1n) is 10.3. The molecule has 4 rings (SSSR count). The van der Waals surface area contributed by atoms with Crippen LogP contribution in [0.25, 0.3) is 11.1 Å². The molecule has 0 radical (unpaired) electrons. The van der Waals surface area contributed by atoms with Gasteiger partial charge in [-0.05, 0) is 36.8 Å². The average Bonchev–Trinajstić information content (AvgIpc) is 3.27. The molecule has 0 saturated carbocycles. The van der Waals surface area contributed by atoms with Crippen molar-refractivity contribution in [2.24, 2.45) is 0 Å². The topological polar surface area (TPSA) is 66.9 Å². The zero-order valence-electron chi connectivity index (χ0n) is 17.5. The van der Waals surface area contributed by atoms with Crippen molar-refractivity contribution < 1.29 is 22.3 Å². The van der Waals surface area contributed by atoms with E-state index in [0.717, 1.165) is 22.6 Å². The van der Waals surface area contributed by atoms with Gasteiger partial charge in [-0.1, -0.05) is 30.3 Å². The molecule has 3 aromatic rings. The van der Waals surface area contributed by atoms with E-state index in [0.29, 0.717) is 18.7 Å². The average molecular weight is 475 g/mol. The molecule has 0 N–H and O–H groups in total. The molecule has 0 aliphatic carbocycles. The van der Waals surface area contributed by atoms with Crippen LogP contribution in [0.1, 0.15) is 16.6 Å². The molecule has 2 aromatic carbocycles. The van der Waals surface area contributed by atoms with Gasteiger partial charge in [-0.3, -0.25) is 0 Å². The van der Waals surface area contributed by atoms with E-state index in [9.17, 15) is 17.6 Å². The van der Waals surface area contributed by atoms with Crippen molar-refractivity contribution in [2.45, 2.75) is 11.8 Å². The molecule has 1 aliphatic heterocycles. The lowest BCUT2D eigenvalue weighted by Gasteiger charge is -2.35. The first-order valence-corrected chi connectivity index (χ1v) is 12.6. The lowest BCUT2D eigenvalue weighted by molar-refractivity contribution is 0.0528.